The van der Waals surface area contributed by atoms with Gasteiger partial charge in [-0.1, -0.05) is 6.07 Å². The van der Waals surface area contributed by atoms with E-state index in [4.69, 9.17) is 4.42 Å². The predicted molar refractivity (Wildman–Crippen MR) is 67.3 cm³/mol. The predicted octanol–water partition coefficient (Wildman–Crippen LogP) is 2.64. The summed E-state index contributed by atoms with van der Waals surface area (Å²) in [4.78, 5) is 23.5. The molecule has 0 fully saturated rings. The molecule has 2 aromatic heterocycles. The van der Waals surface area contributed by atoms with E-state index in [1.165, 1.54) is 18.3 Å². The number of hydrogen-bond acceptors (Lipinski definition) is 4. The zero-order valence-electron chi connectivity index (χ0n) is 9.44. The van der Waals surface area contributed by atoms with Crippen LogP contribution in [0.3, 0.4) is 0 Å². The summed E-state index contributed by atoms with van der Waals surface area (Å²) >= 11 is 1.49. The molecule has 0 aromatic carbocycles. The summed E-state index contributed by atoms with van der Waals surface area (Å²) < 4.78 is 5.17. The topological polar surface area (TPSA) is 59.3 Å². The van der Waals surface area contributed by atoms with Crippen LogP contribution < -0.4 is 10.9 Å². The van der Waals surface area contributed by atoms with Crippen molar-refractivity contribution in [3.05, 3.63) is 39.6 Å². The number of rotatable bonds is 2. The highest BCUT2D eigenvalue weighted by molar-refractivity contribution is 7.13. The number of aryl methyl sites for hydroxylation is 1. The molecule has 1 amide bonds. The fraction of sp³-hybridized carbons (Fsp3) is 0.167. The van der Waals surface area contributed by atoms with Gasteiger partial charge in [-0.2, -0.15) is 0 Å². The summed E-state index contributed by atoms with van der Waals surface area (Å²) in [6, 6.07) is 5.51. The third-order valence-corrected chi connectivity index (χ3v) is 3.10. The summed E-state index contributed by atoms with van der Waals surface area (Å²) in [7, 11) is 0. The number of carbonyl (C=O) groups excluding carboxylic acids is 1. The Hall–Kier alpha value is -1.88. The Labute approximate surface area is 102 Å². The summed E-state index contributed by atoms with van der Waals surface area (Å²) in [6.07, 6.45) is 0. The lowest BCUT2D eigenvalue weighted by Gasteiger charge is -2.05. The van der Waals surface area contributed by atoms with E-state index in [1.807, 2.05) is 17.5 Å². The maximum Gasteiger partial charge on any atom is 0.360 e. The lowest BCUT2D eigenvalue weighted by molar-refractivity contribution is -0.114. The van der Waals surface area contributed by atoms with Crippen LogP contribution in [0.4, 0.5) is 5.69 Å². The van der Waals surface area contributed by atoms with Crippen LogP contribution >= 0.6 is 11.3 Å². The smallest absolute Gasteiger partial charge is 0.360 e. The van der Waals surface area contributed by atoms with E-state index < -0.39 is 5.63 Å². The highest BCUT2D eigenvalue weighted by atomic mass is 32.1. The first-order valence-corrected chi connectivity index (χ1v) is 5.92. The molecule has 2 heterocycles. The zero-order chi connectivity index (χ0) is 12.4. The molecule has 0 aliphatic carbocycles. The first-order chi connectivity index (χ1) is 8.08. The van der Waals surface area contributed by atoms with Gasteiger partial charge in [0, 0.05) is 6.92 Å². The third-order valence-electron chi connectivity index (χ3n) is 2.21. The zero-order valence-corrected chi connectivity index (χ0v) is 10.3. The van der Waals surface area contributed by atoms with E-state index in [0.29, 0.717) is 11.3 Å². The largest absolute Gasteiger partial charge is 0.420 e. The number of amides is 1. The standard InChI is InChI=1S/C12H11NO3S/c1-7-6-9(10-4-3-5-17-10)16-12(15)11(7)13-8(2)14/h3-6H,1-2H3,(H,13,14). The normalized spacial score (nSPS) is 10.2. The molecule has 0 aliphatic rings. The molecule has 0 saturated heterocycles. The van der Waals surface area contributed by atoms with Gasteiger partial charge in [-0.3, -0.25) is 4.79 Å². The van der Waals surface area contributed by atoms with Crippen LogP contribution in [-0.4, -0.2) is 5.91 Å². The van der Waals surface area contributed by atoms with E-state index in [-0.39, 0.29) is 11.6 Å². The van der Waals surface area contributed by atoms with Gasteiger partial charge in [0.25, 0.3) is 0 Å². The molecule has 2 rings (SSSR count). The van der Waals surface area contributed by atoms with E-state index in [1.54, 1.807) is 13.0 Å². The first kappa shape index (κ1) is 11.6. The minimum Gasteiger partial charge on any atom is -0.420 e. The van der Waals surface area contributed by atoms with E-state index in [0.717, 1.165) is 4.88 Å². The van der Waals surface area contributed by atoms with Crippen molar-refractivity contribution in [2.75, 3.05) is 5.32 Å². The highest BCUT2D eigenvalue weighted by Gasteiger charge is 2.11. The first-order valence-electron chi connectivity index (χ1n) is 5.04. The van der Waals surface area contributed by atoms with Crippen LogP contribution in [0.5, 0.6) is 0 Å². The second-order valence-corrected chi connectivity index (χ2v) is 4.56. The van der Waals surface area contributed by atoms with Crippen LogP contribution in [0.15, 0.2) is 32.8 Å². The molecule has 0 atom stereocenters. The molecule has 88 valence electrons. The van der Waals surface area contributed by atoms with Crippen molar-refractivity contribution >= 4 is 22.9 Å². The van der Waals surface area contributed by atoms with Gasteiger partial charge in [0.15, 0.2) is 0 Å². The monoisotopic (exact) mass is 249 g/mol. The highest BCUT2D eigenvalue weighted by Crippen LogP contribution is 2.25. The van der Waals surface area contributed by atoms with Crippen LogP contribution in [0.25, 0.3) is 10.6 Å². The lowest BCUT2D eigenvalue weighted by Crippen LogP contribution is -2.16. The van der Waals surface area contributed by atoms with Gasteiger partial charge < -0.3 is 9.73 Å². The second kappa shape index (κ2) is 4.55. The molecule has 1 N–H and O–H groups in total. The van der Waals surface area contributed by atoms with E-state index in [2.05, 4.69) is 5.32 Å². The molecule has 0 saturated carbocycles. The van der Waals surface area contributed by atoms with Crippen LogP contribution in [0.2, 0.25) is 0 Å². The number of nitrogens with one attached hydrogen (secondary N) is 1. The maximum atomic E-state index is 11.7. The fourth-order valence-electron chi connectivity index (χ4n) is 1.48. The average Bonchev–Trinajstić information content (AvgIpc) is 2.76. The molecule has 0 spiro atoms. The SMILES string of the molecule is CC(=O)Nc1c(C)cc(-c2cccs2)oc1=O. The number of carbonyl (C=O) groups is 1. The van der Waals surface area contributed by atoms with Gasteiger partial charge in [-0.05, 0) is 30.0 Å². The number of hydrogen-bond donors (Lipinski definition) is 1. The van der Waals surface area contributed by atoms with Crippen molar-refractivity contribution in [3.63, 3.8) is 0 Å². The molecule has 17 heavy (non-hydrogen) atoms. The molecule has 0 aliphatic heterocycles. The second-order valence-electron chi connectivity index (χ2n) is 3.61. The van der Waals surface area contributed by atoms with Gasteiger partial charge in [0.2, 0.25) is 5.91 Å². The fourth-order valence-corrected chi connectivity index (χ4v) is 2.15. The Morgan fingerprint density at radius 1 is 1.47 bits per heavy atom. The van der Waals surface area contributed by atoms with Crippen molar-refractivity contribution in [1.82, 2.24) is 0 Å². The number of thiophene rings is 1. The van der Waals surface area contributed by atoms with Gasteiger partial charge in [-0.25, -0.2) is 4.79 Å². The molecule has 4 nitrogen and oxygen atoms in total. The molecule has 5 heteroatoms. The van der Waals surface area contributed by atoms with Crippen molar-refractivity contribution in [3.8, 4) is 10.6 Å². The Kier molecular flexibility index (Phi) is 3.10. The van der Waals surface area contributed by atoms with Gasteiger partial charge in [0.1, 0.15) is 11.4 Å². The molecule has 0 unspecified atom stereocenters. The van der Waals surface area contributed by atoms with Gasteiger partial charge in [0.05, 0.1) is 4.88 Å². The Bertz CT molecular complexity index is 599. The molecular formula is C12H11NO3S. The van der Waals surface area contributed by atoms with Gasteiger partial charge in [-0.15, -0.1) is 11.3 Å². The third kappa shape index (κ3) is 2.45. The number of anilines is 1. The maximum absolute atomic E-state index is 11.7. The summed E-state index contributed by atoms with van der Waals surface area (Å²) in [6.45, 7) is 3.12. The Morgan fingerprint density at radius 2 is 2.24 bits per heavy atom. The Morgan fingerprint density at radius 3 is 2.76 bits per heavy atom. The molecular weight excluding hydrogens is 238 g/mol. The molecule has 2 aromatic rings. The lowest BCUT2D eigenvalue weighted by atomic mass is 10.2. The quantitative estimate of drug-likeness (QED) is 0.890. The van der Waals surface area contributed by atoms with Crippen molar-refractivity contribution in [2.45, 2.75) is 13.8 Å². The summed E-state index contributed by atoms with van der Waals surface area (Å²) in [5.74, 6) is 0.237. The minimum atomic E-state index is -0.524. The van der Waals surface area contributed by atoms with E-state index >= 15 is 0 Å². The average molecular weight is 249 g/mol. The Balaban J connectivity index is 2.49. The molecule has 0 bridgehead atoms. The van der Waals surface area contributed by atoms with Crippen molar-refractivity contribution in [2.24, 2.45) is 0 Å². The van der Waals surface area contributed by atoms with E-state index in [9.17, 15) is 9.59 Å². The van der Waals surface area contributed by atoms with Crippen molar-refractivity contribution < 1.29 is 9.21 Å². The summed E-state index contributed by atoms with van der Waals surface area (Å²) in [5.41, 5.74) is 0.376. The minimum absolute atomic E-state index is 0.206. The van der Waals surface area contributed by atoms with Gasteiger partial charge >= 0.3 is 5.63 Å². The van der Waals surface area contributed by atoms with Crippen molar-refractivity contribution in [1.29, 1.82) is 0 Å². The van der Waals surface area contributed by atoms with Crippen LogP contribution in [-0.2, 0) is 4.79 Å². The molecule has 0 radical (unpaired) electrons. The van der Waals surface area contributed by atoms with Crippen LogP contribution in [0.1, 0.15) is 12.5 Å². The summed E-state index contributed by atoms with van der Waals surface area (Å²) in [5, 5.41) is 4.38. The van der Waals surface area contributed by atoms with Crippen LogP contribution in [0, 0.1) is 6.92 Å².